The van der Waals surface area contributed by atoms with Gasteiger partial charge in [-0.1, -0.05) is 53.5 Å². The molecule has 0 aliphatic carbocycles. The lowest BCUT2D eigenvalue weighted by molar-refractivity contribution is -0.176. The normalized spacial score (nSPS) is 12.5. The number of ether oxygens (including phenoxy) is 1. The Hall–Kier alpha value is -1.96. The average molecular weight is 435 g/mol. The van der Waals surface area contributed by atoms with E-state index >= 15 is 0 Å². The first-order chi connectivity index (χ1) is 13.1. The van der Waals surface area contributed by atoms with Gasteiger partial charge in [-0.2, -0.15) is 13.2 Å². The lowest BCUT2D eigenvalue weighted by Crippen LogP contribution is -2.36. The van der Waals surface area contributed by atoms with Crippen molar-refractivity contribution in [2.45, 2.75) is 32.3 Å². The van der Waals surface area contributed by atoms with E-state index in [9.17, 15) is 18.0 Å². The van der Waals surface area contributed by atoms with Gasteiger partial charge < -0.3 is 15.4 Å². The lowest BCUT2D eigenvalue weighted by Gasteiger charge is -2.16. The highest BCUT2D eigenvalue weighted by Crippen LogP contribution is 2.25. The zero-order valence-corrected chi connectivity index (χ0v) is 16.5. The summed E-state index contributed by atoms with van der Waals surface area (Å²) in [5.41, 5.74) is 2.23. The molecule has 0 spiro atoms. The molecule has 9 heteroatoms. The molecule has 1 unspecified atom stereocenters. The number of carbonyl (C=O) groups excluding carboxylic acids is 1. The molecule has 0 aromatic heterocycles. The zero-order valence-electron chi connectivity index (χ0n) is 14.9. The molecule has 28 heavy (non-hydrogen) atoms. The fourth-order valence-electron chi connectivity index (χ4n) is 2.33. The monoisotopic (exact) mass is 434 g/mol. The third-order valence-corrected chi connectivity index (χ3v) is 4.54. The van der Waals surface area contributed by atoms with E-state index in [-0.39, 0.29) is 25.2 Å². The molecule has 2 N–H and O–H groups in total. The lowest BCUT2D eigenvalue weighted by atomic mass is 10.1. The van der Waals surface area contributed by atoms with E-state index in [0.29, 0.717) is 15.6 Å². The van der Waals surface area contributed by atoms with Gasteiger partial charge in [0.2, 0.25) is 0 Å². The Morgan fingerprint density at radius 2 is 1.71 bits per heavy atom. The van der Waals surface area contributed by atoms with Crippen molar-refractivity contribution >= 4 is 29.2 Å². The summed E-state index contributed by atoms with van der Waals surface area (Å²) in [6, 6.07) is 11.2. The Labute approximate surface area is 171 Å². The van der Waals surface area contributed by atoms with E-state index in [1.54, 1.807) is 42.5 Å². The van der Waals surface area contributed by atoms with Gasteiger partial charge in [-0.3, -0.25) is 0 Å². The molecular formula is C19H19Cl2F3N2O2. The number of urea groups is 1. The Bertz CT molecular complexity index is 799. The first kappa shape index (κ1) is 22.3. The van der Waals surface area contributed by atoms with Gasteiger partial charge in [0.15, 0.2) is 0 Å². The molecule has 2 rings (SSSR count). The largest absolute Gasteiger partial charge is 0.411 e. The number of rotatable bonds is 7. The van der Waals surface area contributed by atoms with Crippen LogP contribution < -0.4 is 10.6 Å². The van der Waals surface area contributed by atoms with Crippen LogP contribution in [0.1, 0.15) is 29.7 Å². The number of nitrogens with one attached hydrogen (secondary N) is 2. The van der Waals surface area contributed by atoms with Crippen LogP contribution in [0.25, 0.3) is 0 Å². The van der Waals surface area contributed by atoms with Crippen LogP contribution in [0.3, 0.4) is 0 Å². The van der Waals surface area contributed by atoms with Crippen molar-refractivity contribution in [1.82, 2.24) is 10.6 Å². The molecule has 0 aliphatic heterocycles. The van der Waals surface area contributed by atoms with Crippen LogP contribution in [0.5, 0.6) is 0 Å². The molecule has 0 heterocycles. The summed E-state index contributed by atoms with van der Waals surface area (Å²) in [5.74, 6) is 0. The standard InChI is InChI=1S/C19H19Cl2F3N2O2/c1-12(15-6-7-16(20)17(21)8-15)26-18(27)25-9-13-2-4-14(5-3-13)10-28-11-19(22,23)24/h2-8,12H,9-11H2,1H3,(H2,25,26,27). The number of benzene rings is 2. The summed E-state index contributed by atoms with van der Waals surface area (Å²) in [6.07, 6.45) is -4.34. The molecule has 2 amide bonds. The van der Waals surface area contributed by atoms with Crippen LogP contribution in [0.4, 0.5) is 18.0 Å². The summed E-state index contributed by atoms with van der Waals surface area (Å²) in [6.45, 7) is 0.668. The average Bonchev–Trinajstić information content (AvgIpc) is 2.62. The number of carbonyl (C=O) groups is 1. The van der Waals surface area contributed by atoms with E-state index < -0.39 is 12.8 Å². The number of alkyl halides is 3. The number of hydrogen-bond acceptors (Lipinski definition) is 2. The van der Waals surface area contributed by atoms with Crippen molar-refractivity contribution < 1.29 is 22.7 Å². The van der Waals surface area contributed by atoms with Crippen LogP contribution in [0.15, 0.2) is 42.5 Å². The van der Waals surface area contributed by atoms with Crippen molar-refractivity contribution in [3.8, 4) is 0 Å². The Kier molecular flexibility index (Phi) is 7.98. The predicted octanol–water partition coefficient (Wildman–Crippen LogP) is 5.63. The molecule has 4 nitrogen and oxygen atoms in total. The van der Waals surface area contributed by atoms with Crippen molar-refractivity contribution in [3.63, 3.8) is 0 Å². The number of hydrogen-bond donors (Lipinski definition) is 2. The highest BCUT2D eigenvalue weighted by atomic mass is 35.5. The Morgan fingerprint density at radius 3 is 2.32 bits per heavy atom. The van der Waals surface area contributed by atoms with Crippen LogP contribution in [0, 0.1) is 0 Å². The quantitative estimate of drug-likeness (QED) is 0.592. The fraction of sp³-hybridized carbons (Fsp3) is 0.316. The van der Waals surface area contributed by atoms with E-state index in [2.05, 4.69) is 15.4 Å². The van der Waals surface area contributed by atoms with Gasteiger partial charge >= 0.3 is 12.2 Å². The minimum atomic E-state index is -4.34. The summed E-state index contributed by atoms with van der Waals surface area (Å²) in [7, 11) is 0. The molecule has 0 saturated carbocycles. The van der Waals surface area contributed by atoms with Gasteiger partial charge in [-0.15, -0.1) is 0 Å². The molecule has 0 saturated heterocycles. The van der Waals surface area contributed by atoms with E-state index in [1.807, 2.05) is 6.92 Å². The van der Waals surface area contributed by atoms with Gasteiger partial charge in [0.1, 0.15) is 6.61 Å². The minimum absolute atomic E-state index is 0.130. The maximum atomic E-state index is 12.1. The first-order valence-electron chi connectivity index (χ1n) is 8.35. The summed E-state index contributed by atoms with van der Waals surface area (Å²) in [5, 5.41) is 6.36. The minimum Gasteiger partial charge on any atom is -0.367 e. The van der Waals surface area contributed by atoms with Crippen molar-refractivity contribution in [1.29, 1.82) is 0 Å². The van der Waals surface area contributed by atoms with E-state index in [4.69, 9.17) is 23.2 Å². The van der Waals surface area contributed by atoms with Crippen molar-refractivity contribution in [2.24, 2.45) is 0 Å². The second kappa shape index (κ2) is 10.0. The highest BCUT2D eigenvalue weighted by Gasteiger charge is 2.27. The van der Waals surface area contributed by atoms with Gasteiger partial charge in [0.05, 0.1) is 22.7 Å². The third kappa shape index (κ3) is 7.58. The van der Waals surface area contributed by atoms with Crippen molar-refractivity contribution in [3.05, 3.63) is 69.2 Å². The highest BCUT2D eigenvalue weighted by molar-refractivity contribution is 6.42. The maximum Gasteiger partial charge on any atom is 0.411 e. The zero-order chi connectivity index (χ0) is 20.7. The molecule has 0 radical (unpaired) electrons. The fourth-order valence-corrected chi connectivity index (χ4v) is 2.64. The molecule has 152 valence electrons. The van der Waals surface area contributed by atoms with Crippen LogP contribution in [-0.2, 0) is 17.9 Å². The molecular weight excluding hydrogens is 416 g/mol. The van der Waals surface area contributed by atoms with E-state index in [1.165, 1.54) is 0 Å². The smallest absolute Gasteiger partial charge is 0.367 e. The third-order valence-electron chi connectivity index (χ3n) is 3.80. The molecule has 0 fully saturated rings. The summed E-state index contributed by atoms with van der Waals surface area (Å²) in [4.78, 5) is 12.0. The van der Waals surface area contributed by atoms with Gasteiger partial charge in [-0.25, -0.2) is 4.79 Å². The van der Waals surface area contributed by atoms with Gasteiger partial charge in [0.25, 0.3) is 0 Å². The second-order valence-corrected chi connectivity index (χ2v) is 6.96. The predicted molar refractivity (Wildman–Crippen MR) is 102 cm³/mol. The summed E-state index contributed by atoms with van der Waals surface area (Å²) >= 11 is 11.9. The van der Waals surface area contributed by atoms with Gasteiger partial charge in [0, 0.05) is 6.54 Å². The summed E-state index contributed by atoms with van der Waals surface area (Å²) < 4.78 is 40.8. The van der Waals surface area contributed by atoms with Gasteiger partial charge in [-0.05, 0) is 35.7 Å². The molecule has 0 aliphatic rings. The first-order valence-corrected chi connectivity index (χ1v) is 9.11. The topological polar surface area (TPSA) is 50.4 Å². The number of halogens is 5. The van der Waals surface area contributed by atoms with E-state index in [0.717, 1.165) is 11.1 Å². The molecule has 1 atom stereocenters. The second-order valence-electron chi connectivity index (χ2n) is 6.15. The number of amides is 2. The molecule has 0 bridgehead atoms. The van der Waals surface area contributed by atoms with Crippen molar-refractivity contribution in [2.75, 3.05) is 6.61 Å². The Morgan fingerprint density at radius 1 is 1.07 bits per heavy atom. The maximum absolute atomic E-state index is 12.1. The van der Waals surface area contributed by atoms with Crippen LogP contribution >= 0.6 is 23.2 Å². The SMILES string of the molecule is CC(NC(=O)NCc1ccc(COCC(F)(F)F)cc1)c1ccc(Cl)c(Cl)c1. The molecule has 2 aromatic rings. The van der Waals surface area contributed by atoms with Crippen LogP contribution in [0.2, 0.25) is 10.0 Å². The molecule has 2 aromatic carbocycles. The van der Waals surface area contributed by atoms with Crippen LogP contribution in [-0.4, -0.2) is 18.8 Å². The Balaban J connectivity index is 1.78.